The van der Waals surface area contributed by atoms with Gasteiger partial charge >= 0.3 is 5.97 Å². The van der Waals surface area contributed by atoms with Gasteiger partial charge in [-0.3, -0.25) is 0 Å². The van der Waals surface area contributed by atoms with E-state index in [2.05, 4.69) is 24.0 Å². The molecule has 0 radical (unpaired) electrons. The molecule has 0 bridgehead atoms. The summed E-state index contributed by atoms with van der Waals surface area (Å²) >= 11 is 0. The third-order valence-electron chi connectivity index (χ3n) is 3.69. The fraction of sp³-hybridized carbons (Fsp3) is 0.333. The molecule has 0 unspecified atom stereocenters. The van der Waals surface area contributed by atoms with Crippen molar-refractivity contribution < 1.29 is 9.90 Å². The first-order chi connectivity index (χ1) is 9.20. The Morgan fingerprint density at radius 2 is 2.11 bits per heavy atom. The molecule has 4 nitrogen and oxygen atoms in total. The highest BCUT2D eigenvalue weighted by Crippen LogP contribution is 2.28. The maximum absolute atomic E-state index is 11.2. The minimum atomic E-state index is -0.929. The molecule has 1 aliphatic rings. The number of aromatic carboxylic acids is 1. The molecule has 4 heteroatoms. The van der Waals surface area contributed by atoms with Crippen LogP contribution in [0.3, 0.4) is 0 Å². The summed E-state index contributed by atoms with van der Waals surface area (Å²) in [6, 6.07) is 8.20. The van der Waals surface area contributed by atoms with Crippen LogP contribution >= 0.6 is 0 Å². The zero-order valence-corrected chi connectivity index (χ0v) is 10.9. The number of carboxylic acid groups (broad SMARTS) is 1. The van der Waals surface area contributed by atoms with E-state index >= 15 is 0 Å². The third kappa shape index (κ3) is 1.93. The number of carbonyl (C=O) groups is 1. The average Bonchev–Trinajstić information content (AvgIpc) is 3.00. The minimum absolute atomic E-state index is 0.215. The third-order valence-corrected chi connectivity index (χ3v) is 3.69. The highest BCUT2D eigenvalue weighted by atomic mass is 16.4. The Morgan fingerprint density at radius 3 is 2.74 bits per heavy atom. The number of hydrogen-bond donors (Lipinski definition) is 1. The second-order valence-electron chi connectivity index (χ2n) is 4.84. The summed E-state index contributed by atoms with van der Waals surface area (Å²) in [7, 11) is 0. The summed E-state index contributed by atoms with van der Waals surface area (Å²) in [5, 5.41) is 9.22. The molecule has 19 heavy (non-hydrogen) atoms. The van der Waals surface area contributed by atoms with Gasteiger partial charge in [-0.05, 0) is 24.8 Å². The highest BCUT2D eigenvalue weighted by molar-refractivity contribution is 5.88. The normalized spacial score (nSPS) is 13.5. The van der Waals surface area contributed by atoms with Crippen LogP contribution in [0.1, 0.15) is 35.1 Å². The molecule has 1 N–H and O–H groups in total. The lowest BCUT2D eigenvalue weighted by atomic mass is 10.1. The maximum atomic E-state index is 11.2. The van der Waals surface area contributed by atoms with E-state index in [0.29, 0.717) is 0 Å². The van der Waals surface area contributed by atoms with Crippen LogP contribution in [-0.4, -0.2) is 20.6 Å². The molecule has 1 aliphatic heterocycles. The first kappa shape index (κ1) is 12.0. The summed E-state index contributed by atoms with van der Waals surface area (Å²) in [6.45, 7) is 2.98. The van der Waals surface area contributed by atoms with Crippen molar-refractivity contribution in [1.82, 2.24) is 9.55 Å². The van der Waals surface area contributed by atoms with Crippen LogP contribution in [0, 0.1) is 0 Å². The first-order valence-corrected chi connectivity index (χ1v) is 6.62. The van der Waals surface area contributed by atoms with E-state index in [1.165, 1.54) is 5.56 Å². The SMILES string of the molecule is CCc1ccc(-c2nc(C(=O)O)c3n2CCC3)cc1. The quantitative estimate of drug-likeness (QED) is 0.918. The van der Waals surface area contributed by atoms with Crippen LogP contribution in [0.2, 0.25) is 0 Å². The number of hydrogen-bond acceptors (Lipinski definition) is 2. The molecule has 98 valence electrons. The fourth-order valence-corrected chi connectivity index (χ4v) is 2.67. The molecule has 1 aromatic carbocycles. The molecule has 0 aliphatic carbocycles. The number of aromatic nitrogens is 2. The lowest BCUT2D eigenvalue weighted by Gasteiger charge is -2.05. The summed E-state index contributed by atoms with van der Waals surface area (Å²) in [5.74, 6) is -0.144. The van der Waals surface area contributed by atoms with Gasteiger partial charge in [-0.15, -0.1) is 0 Å². The average molecular weight is 256 g/mol. The number of aryl methyl sites for hydroxylation is 1. The number of fused-ring (bicyclic) bond motifs is 1. The van der Waals surface area contributed by atoms with Crippen LogP contribution in [0.25, 0.3) is 11.4 Å². The fourth-order valence-electron chi connectivity index (χ4n) is 2.67. The summed E-state index contributed by atoms with van der Waals surface area (Å²) < 4.78 is 2.05. The van der Waals surface area contributed by atoms with Gasteiger partial charge in [0.2, 0.25) is 0 Å². The molecule has 0 amide bonds. The molecule has 2 heterocycles. The smallest absolute Gasteiger partial charge is 0.356 e. The van der Waals surface area contributed by atoms with E-state index in [1.54, 1.807) is 0 Å². The van der Waals surface area contributed by atoms with E-state index < -0.39 is 5.97 Å². The van der Waals surface area contributed by atoms with E-state index in [0.717, 1.165) is 42.9 Å². The Kier molecular flexibility index (Phi) is 2.85. The second-order valence-corrected chi connectivity index (χ2v) is 4.84. The summed E-state index contributed by atoms with van der Waals surface area (Å²) in [5.41, 5.74) is 3.34. The Labute approximate surface area is 111 Å². The van der Waals surface area contributed by atoms with Gasteiger partial charge in [-0.25, -0.2) is 9.78 Å². The topological polar surface area (TPSA) is 55.1 Å². The molecule has 1 aromatic heterocycles. The first-order valence-electron chi connectivity index (χ1n) is 6.62. The summed E-state index contributed by atoms with van der Waals surface area (Å²) in [6.07, 6.45) is 2.81. The predicted octanol–water partition coefficient (Wildman–Crippen LogP) is 2.76. The molecule has 2 aromatic rings. The summed E-state index contributed by atoms with van der Waals surface area (Å²) in [4.78, 5) is 15.6. The van der Waals surface area contributed by atoms with Crippen molar-refractivity contribution in [2.24, 2.45) is 0 Å². The molecule has 0 spiro atoms. The standard InChI is InChI=1S/C15H16N2O2/c1-2-10-5-7-11(8-6-10)14-16-13(15(18)19)12-4-3-9-17(12)14/h5-8H,2-4,9H2,1H3,(H,18,19). The van der Waals surface area contributed by atoms with Gasteiger partial charge in [0.05, 0.1) is 5.69 Å². The van der Waals surface area contributed by atoms with Crippen molar-refractivity contribution in [3.8, 4) is 11.4 Å². The van der Waals surface area contributed by atoms with Gasteiger partial charge in [0.15, 0.2) is 5.69 Å². The van der Waals surface area contributed by atoms with E-state index in [4.69, 9.17) is 0 Å². The Morgan fingerprint density at radius 1 is 1.37 bits per heavy atom. The van der Waals surface area contributed by atoms with E-state index in [-0.39, 0.29) is 5.69 Å². The Bertz CT molecular complexity index is 626. The van der Waals surface area contributed by atoms with Gasteiger partial charge in [-0.1, -0.05) is 31.2 Å². The van der Waals surface area contributed by atoms with Gasteiger partial charge in [0.1, 0.15) is 5.82 Å². The molecule has 3 rings (SSSR count). The lowest BCUT2D eigenvalue weighted by Crippen LogP contribution is -2.00. The number of benzene rings is 1. The van der Waals surface area contributed by atoms with Crippen LogP contribution in [0.15, 0.2) is 24.3 Å². The molecule has 0 atom stereocenters. The van der Waals surface area contributed by atoms with Gasteiger partial charge in [0, 0.05) is 12.1 Å². The maximum Gasteiger partial charge on any atom is 0.356 e. The second kappa shape index (κ2) is 4.53. The number of nitrogens with zero attached hydrogens (tertiary/aromatic N) is 2. The van der Waals surface area contributed by atoms with Crippen molar-refractivity contribution in [3.05, 3.63) is 41.2 Å². The molecular formula is C15H16N2O2. The van der Waals surface area contributed by atoms with Crippen molar-refractivity contribution in [2.75, 3.05) is 0 Å². The Hall–Kier alpha value is -2.10. The van der Waals surface area contributed by atoms with Crippen LogP contribution in [0.5, 0.6) is 0 Å². The monoisotopic (exact) mass is 256 g/mol. The van der Waals surface area contributed by atoms with Crippen molar-refractivity contribution >= 4 is 5.97 Å². The number of rotatable bonds is 3. The highest BCUT2D eigenvalue weighted by Gasteiger charge is 2.25. The molecule has 0 fully saturated rings. The number of imidazole rings is 1. The molecule has 0 saturated heterocycles. The minimum Gasteiger partial charge on any atom is -0.476 e. The lowest BCUT2D eigenvalue weighted by molar-refractivity contribution is 0.0690. The zero-order chi connectivity index (χ0) is 13.4. The predicted molar refractivity (Wildman–Crippen MR) is 72.3 cm³/mol. The largest absolute Gasteiger partial charge is 0.476 e. The van der Waals surface area contributed by atoms with Crippen molar-refractivity contribution in [3.63, 3.8) is 0 Å². The van der Waals surface area contributed by atoms with Crippen LogP contribution in [0.4, 0.5) is 0 Å². The van der Waals surface area contributed by atoms with Gasteiger partial charge in [-0.2, -0.15) is 0 Å². The zero-order valence-electron chi connectivity index (χ0n) is 10.9. The van der Waals surface area contributed by atoms with Crippen molar-refractivity contribution in [1.29, 1.82) is 0 Å². The van der Waals surface area contributed by atoms with Crippen LogP contribution in [-0.2, 0) is 19.4 Å². The molecule has 0 saturated carbocycles. The number of carboxylic acids is 1. The Balaban J connectivity index is 2.09. The van der Waals surface area contributed by atoms with Crippen LogP contribution < -0.4 is 0 Å². The van der Waals surface area contributed by atoms with Crippen molar-refractivity contribution in [2.45, 2.75) is 32.7 Å². The van der Waals surface area contributed by atoms with E-state index in [9.17, 15) is 9.90 Å². The van der Waals surface area contributed by atoms with E-state index in [1.807, 2.05) is 16.7 Å². The van der Waals surface area contributed by atoms with Gasteiger partial charge in [0.25, 0.3) is 0 Å². The van der Waals surface area contributed by atoms with Gasteiger partial charge < -0.3 is 9.67 Å². The molecular weight excluding hydrogens is 240 g/mol.